The standard InChI is InChI=1S/C13H17N3O2/c1-3-18-13(17)9(14)8-12-15-10-6-4-5-7-11(10)16(12)2/h4-7,9H,3,8,14H2,1-2H3. The molecule has 1 aromatic carbocycles. The monoisotopic (exact) mass is 247 g/mol. The molecule has 5 nitrogen and oxygen atoms in total. The molecule has 1 heterocycles. The van der Waals surface area contributed by atoms with Crippen molar-refractivity contribution in [2.75, 3.05) is 6.61 Å². The summed E-state index contributed by atoms with van der Waals surface area (Å²) in [5, 5.41) is 0. The zero-order chi connectivity index (χ0) is 13.1. The van der Waals surface area contributed by atoms with Crippen LogP contribution in [0.25, 0.3) is 11.0 Å². The Morgan fingerprint density at radius 1 is 1.50 bits per heavy atom. The van der Waals surface area contributed by atoms with Gasteiger partial charge in [0.1, 0.15) is 11.9 Å². The molecule has 96 valence electrons. The highest BCUT2D eigenvalue weighted by Crippen LogP contribution is 2.15. The third kappa shape index (κ3) is 2.36. The van der Waals surface area contributed by atoms with E-state index in [1.807, 2.05) is 35.9 Å². The minimum absolute atomic E-state index is 0.342. The highest BCUT2D eigenvalue weighted by Gasteiger charge is 2.18. The lowest BCUT2D eigenvalue weighted by atomic mass is 10.2. The molecule has 5 heteroatoms. The lowest BCUT2D eigenvalue weighted by molar-refractivity contribution is -0.144. The number of imidazole rings is 1. The molecular weight excluding hydrogens is 230 g/mol. The lowest BCUT2D eigenvalue weighted by Gasteiger charge is -2.10. The van der Waals surface area contributed by atoms with Crippen LogP contribution in [0.15, 0.2) is 24.3 Å². The molecule has 2 rings (SSSR count). The van der Waals surface area contributed by atoms with Gasteiger partial charge in [0.25, 0.3) is 0 Å². The van der Waals surface area contributed by atoms with E-state index in [0.717, 1.165) is 16.9 Å². The molecule has 0 fully saturated rings. The molecule has 0 amide bonds. The van der Waals surface area contributed by atoms with E-state index in [0.29, 0.717) is 13.0 Å². The first-order chi connectivity index (χ1) is 8.63. The van der Waals surface area contributed by atoms with Gasteiger partial charge in [-0.05, 0) is 19.1 Å². The first kappa shape index (κ1) is 12.6. The van der Waals surface area contributed by atoms with Crippen molar-refractivity contribution in [2.24, 2.45) is 12.8 Å². The number of carbonyl (C=O) groups excluding carboxylic acids is 1. The first-order valence-electron chi connectivity index (χ1n) is 5.96. The Kier molecular flexibility index (Phi) is 3.62. The zero-order valence-electron chi connectivity index (χ0n) is 10.6. The van der Waals surface area contributed by atoms with Crippen molar-refractivity contribution < 1.29 is 9.53 Å². The van der Waals surface area contributed by atoms with Crippen LogP contribution in [0.1, 0.15) is 12.7 Å². The molecule has 1 aromatic heterocycles. The molecule has 0 radical (unpaired) electrons. The van der Waals surface area contributed by atoms with E-state index in [9.17, 15) is 4.79 Å². The summed E-state index contributed by atoms with van der Waals surface area (Å²) < 4.78 is 6.84. The Bertz CT molecular complexity index is 562. The van der Waals surface area contributed by atoms with Crippen molar-refractivity contribution in [3.63, 3.8) is 0 Å². The summed E-state index contributed by atoms with van der Waals surface area (Å²) in [5.74, 6) is 0.404. The second-order valence-corrected chi connectivity index (χ2v) is 4.14. The molecule has 0 aliphatic carbocycles. The van der Waals surface area contributed by atoms with Crippen LogP contribution in [-0.2, 0) is 23.0 Å². The Morgan fingerprint density at radius 2 is 2.22 bits per heavy atom. The Morgan fingerprint density at radius 3 is 2.89 bits per heavy atom. The van der Waals surface area contributed by atoms with Gasteiger partial charge in [-0.15, -0.1) is 0 Å². The SMILES string of the molecule is CCOC(=O)C(N)Cc1nc2ccccc2n1C. The summed E-state index contributed by atoms with van der Waals surface area (Å²) >= 11 is 0. The number of hydrogen-bond acceptors (Lipinski definition) is 4. The van der Waals surface area contributed by atoms with Crippen LogP contribution in [0.5, 0.6) is 0 Å². The Hall–Kier alpha value is -1.88. The summed E-state index contributed by atoms with van der Waals surface area (Å²) in [5.41, 5.74) is 7.74. The molecule has 1 atom stereocenters. The van der Waals surface area contributed by atoms with Gasteiger partial charge in [0.2, 0.25) is 0 Å². The summed E-state index contributed by atoms with van der Waals surface area (Å²) in [7, 11) is 1.92. The fourth-order valence-corrected chi connectivity index (χ4v) is 1.91. The summed E-state index contributed by atoms with van der Waals surface area (Å²) in [6.45, 7) is 2.11. The van der Waals surface area contributed by atoms with Gasteiger partial charge in [-0.1, -0.05) is 12.1 Å². The maximum atomic E-state index is 11.5. The summed E-state index contributed by atoms with van der Waals surface area (Å²) in [6, 6.07) is 7.15. The van der Waals surface area contributed by atoms with Gasteiger partial charge in [0.15, 0.2) is 0 Å². The molecule has 2 N–H and O–H groups in total. The summed E-state index contributed by atoms with van der Waals surface area (Å²) in [4.78, 5) is 16.0. The highest BCUT2D eigenvalue weighted by atomic mass is 16.5. The number of esters is 1. The molecule has 0 saturated heterocycles. The van der Waals surface area contributed by atoms with Crippen LogP contribution in [0.2, 0.25) is 0 Å². The van der Waals surface area contributed by atoms with E-state index in [2.05, 4.69) is 4.98 Å². The molecule has 0 aliphatic rings. The second kappa shape index (κ2) is 5.18. The number of fused-ring (bicyclic) bond motifs is 1. The highest BCUT2D eigenvalue weighted by molar-refractivity contribution is 5.77. The zero-order valence-corrected chi connectivity index (χ0v) is 10.6. The molecule has 0 spiro atoms. The summed E-state index contributed by atoms with van der Waals surface area (Å²) in [6.07, 6.45) is 0.379. The number of hydrogen-bond donors (Lipinski definition) is 1. The molecule has 0 aliphatic heterocycles. The fourth-order valence-electron chi connectivity index (χ4n) is 1.91. The maximum Gasteiger partial charge on any atom is 0.323 e. The molecule has 0 saturated carbocycles. The number of nitrogens with two attached hydrogens (primary N) is 1. The minimum Gasteiger partial charge on any atom is -0.465 e. The number of ether oxygens (including phenoxy) is 1. The van der Waals surface area contributed by atoms with Crippen molar-refractivity contribution in [3.8, 4) is 0 Å². The average molecular weight is 247 g/mol. The van der Waals surface area contributed by atoms with Crippen molar-refractivity contribution in [1.29, 1.82) is 0 Å². The average Bonchev–Trinajstić information content (AvgIpc) is 2.67. The Balaban J connectivity index is 2.21. The van der Waals surface area contributed by atoms with E-state index in [4.69, 9.17) is 10.5 Å². The number of para-hydroxylation sites is 2. The van der Waals surface area contributed by atoms with E-state index < -0.39 is 6.04 Å². The molecule has 1 unspecified atom stereocenters. The van der Waals surface area contributed by atoms with Gasteiger partial charge in [-0.25, -0.2) is 4.98 Å². The van der Waals surface area contributed by atoms with Gasteiger partial charge in [-0.3, -0.25) is 4.79 Å². The van der Waals surface area contributed by atoms with Gasteiger partial charge in [0, 0.05) is 13.5 Å². The van der Waals surface area contributed by atoms with E-state index >= 15 is 0 Å². The number of carbonyl (C=O) groups is 1. The van der Waals surface area contributed by atoms with Gasteiger partial charge >= 0.3 is 5.97 Å². The van der Waals surface area contributed by atoms with Crippen LogP contribution in [-0.4, -0.2) is 28.2 Å². The van der Waals surface area contributed by atoms with E-state index in [-0.39, 0.29) is 5.97 Å². The predicted octanol–water partition coefficient (Wildman–Crippen LogP) is 1.01. The second-order valence-electron chi connectivity index (χ2n) is 4.14. The lowest BCUT2D eigenvalue weighted by Crippen LogP contribution is -2.35. The number of benzene rings is 1. The topological polar surface area (TPSA) is 70.1 Å². The van der Waals surface area contributed by atoms with Crippen molar-refractivity contribution >= 4 is 17.0 Å². The van der Waals surface area contributed by atoms with Gasteiger partial charge < -0.3 is 15.0 Å². The van der Waals surface area contributed by atoms with E-state index in [1.54, 1.807) is 6.92 Å². The molecular formula is C13H17N3O2. The van der Waals surface area contributed by atoms with Crippen molar-refractivity contribution in [1.82, 2.24) is 9.55 Å². The normalized spacial score (nSPS) is 12.6. The van der Waals surface area contributed by atoms with Crippen LogP contribution in [0.3, 0.4) is 0 Å². The third-order valence-electron chi connectivity index (χ3n) is 2.87. The predicted molar refractivity (Wildman–Crippen MR) is 69.0 cm³/mol. The number of rotatable bonds is 4. The largest absolute Gasteiger partial charge is 0.465 e. The fraction of sp³-hybridized carbons (Fsp3) is 0.385. The van der Waals surface area contributed by atoms with Crippen LogP contribution < -0.4 is 5.73 Å². The smallest absolute Gasteiger partial charge is 0.323 e. The minimum atomic E-state index is -0.666. The third-order valence-corrected chi connectivity index (χ3v) is 2.87. The number of aromatic nitrogens is 2. The van der Waals surface area contributed by atoms with Crippen molar-refractivity contribution in [2.45, 2.75) is 19.4 Å². The van der Waals surface area contributed by atoms with Gasteiger partial charge in [-0.2, -0.15) is 0 Å². The quantitative estimate of drug-likeness (QED) is 0.818. The van der Waals surface area contributed by atoms with Crippen LogP contribution in [0, 0.1) is 0 Å². The Labute approximate surface area is 106 Å². The molecule has 18 heavy (non-hydrogen) atoms. The molecule has 2 aromatic rings. The van der Waals surface area contributed by atoms with Gasteiger partial charge in [0.05, 0.1) is 17.6 Å². The van der Waals surface area contributed by atoms with Crippen LogP contribution in [0.4, 0.5) is 0 Å². The molecule has 0 bridgehead atoms. The number of aryl methyl sites for hydroxylation is 1. The first-order valence-corrected chi connectivity index (χ1v) is 5.96. The maximum absolute atomic E-state index is 11.5. The number of nitrogens with zero attached hydrogens (tertiary/aromatic N) is 2. The van der Waals surface area contributed by atoms with Crippen LogP contribution >= 0.6 is 0 Å². The van der Waals surface area contributed by atoms with Crippen molar-refractivity contribution in [3.05, 3.63) is 30.1 Å². The van der Waals surface area contributed by atoms with E-state index in [1.165, 1.54) is 0 Å².